The molecular formula is C14H26N2O. The summed E-state index contributed by atoms with van der Waals surface area (Å²) >= 11 is 0. The van der Waals surface area contributed by atoms with E-state index in [2.05, 4.69) is 12.2 Å². The Balaban J connectivity index is 1.84. The van der Waals surface area contributed by atoms with Crippen LogP contribution in [0.25, 0.3) is 0 Å². The topological polar surface area (TPSA) is 55.1 Å². The van der Waals surface area contributed by atoms with E-state index in [4.69, 9.17) is 5.73 Å². The summed E-state index contributed by atoms with van der Waals surface area (Å²) in [7, 11) is 0. The molecule has 98 valence electrons. The van der Waals surface area contributed by atoms with Gasteiger partial charge in [0.1, 0.15) is 0 Å². The largest absolute Gasteiger partial charge is 0.354 e. The average Bonchev–Trinajstić information content (AvgIpc) is 2.75. The van der Waals surface area contributed by atoms with Crippen molar-refractivity contribution in [3.05, 3.63) is 0 Å². The first-order valence-corrected chi connectivity index (χ1v) is 7.11. The van der Waals surface area contributed by atoms with Crippen molar-refractivity contribution in [2.75, 3.05) is 6.54 Å². The molecule has 0 radical (unpaired) electrons. The normalized spacial score (nSPS) is 26.7. The molecule has 2 rings (SSSR count). The molecular weight excluding hydrogens is 212 g/mol. The standard InChI is InChI=1S/C14H26N2O/c1-13(7-5-6-8-13)11-16-12(17)14(15)9-3-2-4-10-14/h2-11,15H2,1H3,(H,16,17). The highest BCUT2D eigenvalue weighted by Crippen LogP contribution is 2.37. The van der Waals surface area contributed by atoms with Crippen LogP contribution in [0.4, 0.5) is 0 Å². The van der Waals surface area contributed by atoms with Crippen LogP contribution in [0.1, 0.15) is 64.7 Å². The van der Waals surface area contributed by atoms with E-state index in [-0.39, 0.29) is 5.91 Å². The molecule has 0 saturated heterocycles. The first-order chi connectivity index (χ1) is 8.04. The lowest BCUT2D eigenvalue weighted by molar-refractivity contribution is -0.128. The third-order valence-corrected chi connectivity index (χ3v) is 4.68. The van der Waals surface area contributed by atoms with Crippen LogP contribution in [0.3, 0.4) is 0 Å². The Hall–Kier alpha value is -0.570. The lowest BCUT2D eigenvalue weighted by Crippen LogP contribution is -2.56. The Morgan fingerprint density at radius 1 is 1.06 bits per heavy atom. The first-order valence-electron chi connectivity index (χ1n) is 7.11. The number of rotatable bonds is 3. The second-order valence-corrected chi connectivity index (χ2v) is 6.42. The van der Waals surface area contributed by atoms with Crippen molar-refractivity contribution < 1.29 is 4.79 Å². The summed E-state index contributed by atoms with van der Waals surface area (Å²) in [6.45, 7) is 3.09. The van der Waals surface area contributed by atoms with Gasteiger partial charge in [-0.2, -0.15) is 0 Å². The molecule has 3 nitrogen and oxygen atoms in total. The third kappa shape index (κ3) is 3.01. The Bertz CT molecular complexity index is 276. The molecule has 3 N–H and O–H groups in total. The maximum atomic E-state index is 12.2. The molecule has 0 aromatic carbocycles. The summed E-state index contributed by atoms with van der Waals surface area (Å²) < 4.78 is 0. The van der Waals surface area contributed by atoms with Crippen LogP contribution in [-0.4, -0.2) is 18.0 Å². The van der Waals surface area contributed by atoms with Gasteiger partial charge in [0.2, 0.25) is 5.91 Å². The molecule has 0 unspecified atom stereocenters. The van der Waals surface area contributed by atoms with Gasteiger partial charge in [0.15, 0.2) is 0 Å². The van der Waals surface area contributed by atoms with Gasteiger partial charge in [0, 0.05) is 6.54 Å². The smallest absolute Gasteiger partial charge is 0.240 e. The van der Waals surface area contributed by atoms with Crippen molar-refractivity contribution in [2.45, 2.75) is 70.3 Å². The minimum atomic E-state index is -0.576. The fourth-order valence-electron chi connectivity index (χ4n) is 3.28. The second kappa shape index (κ2) is 4.97. The van der Waals surface area contributed by atoms with E-state index in [0.29, 0.717) is 5.41 Å². The molecule has 1 amide bonds. The molecule has 0 bridgehead atoms. The predicted molar refractivity (Wildman–Crippen MR) is 69.6 cm³/mol. The summed E-state index contributed by atoms with van der Waals surface area (Å²) in [5.74, 6) is 0.0883. The van der Waals surface area contributed by atoms with Crippen LogP contribution >= 0.6 is 0 Å². The van der Waals surface area contributed by atoms with Gasteiger partial charge in [-0.05, 0) is 31.1 Å². The predicted octanol–water partition coefficient (Wildman–Crippen LogP) is 2.34. The zero-order chi connectivity index (χ0) is 12.4. The quantitative estimate of drug-likeness (QED) is 0.793. The van der Waals surface area contributed by atoms with Gasteiger partial charge in [-0.3, -0.25) is 4.79 Å². The molecule has 2 aliphatic carbocycles. The summed E-state index contributed by atoms with van der Waals surface area (Å²) in [6.07, 6.45) is 10.2. The van der Waals surface area contributed by atoms with Crippen molar-refractivity contribution in [2.24, 2.45) is 11.1 Å². The maximum Gasteiger partial charge on any atom is 0.240 e. The Kier molecular flexibility index (Phi) is 3.76. The number of nitrogens with one attached hydrogen (secondary N) is 1. The summed E-state index contributed by atoms with van der Waals surface area (Å²) in [5, 5.41) is 3.11. The van der Waals surface area contributed by atoms with Gasteiger partial charge in [-0.25, -0.2) is 0 Å². The number of carbonyl (C=O) groups is 1. The average molecular weight is 238 g/mol. The summed E-state index contributed by atoms with van der Waals surface area (Å²) in [4.78, 5) is 12.2. The molecule has 0 aromatic rings. The Labute approximate surface area is 105 Å². The minimum Gasteiger partial charge on any atom is -0.354 e. The fourth-order valence-corrected chi connectivity index (χ4v) is 3.28. The molecule has 2 aliphatic rings. The van der Waals surface area contributed by atoms with Crippen molar-refractivity contribution in [3.63, 3.8) is 0 Å². The zero-order valence-electron chi connectivity index (χ0n) is 11.1. The highest BCUT2D eigenvalue weighted by Gasteiger charge is 2.37. The molecule has 17 heavy (non-hydrogen) atoms. The zero-order valence-corrected chi connectivity index (χ0v) is 11.1. The van der Waals surface area contributed by atoms with Crippen molar-refractivity contribution in [3.8, 4) is 0 Å². The SMILES string of the molecule is CC1(CNC(=O)C2(N)CCCCC2)CCCC1. The summed E-state index contributed by atoms with van der Waals surface area (Å²) in [6, 6.07) is 0. The van der Waals surface area contributed by atoms with Crippen molar-refractivity contribution in [1.82, 2.24) is 5.32 Å². The monoisotopic (exact) mass is 238 g/mol. The van der Waals surface area contributed by atoms with Crippen LogP contribution in [0.2, 0.25) is 0 Å². The van der Waals surface area contributed by atoms with Crippen LogP contribution in [0, 0.1) is 5.41 Å². The molecule has 0 aliphatic heterocycles. The number of amides is 1. The van der Waals surface area contributed by atoms with Crippen LogP contribution in [-0.2, 0) is 4.79 Å². The molecule has 3 heteroatoms. The van der Waals surface area contributed by atoms with Gasteiger partial charge in [0.05, 0.1) is 5.54 Å². The van der Waals surface area contributed by atoms with E-state index in [1.54, 1.807) is 0 Å². The Morgan fingerprint density at radius 2 is 1.59 bits per heavy atom. The van der Waals surface area contributed by atoms with Gasteiger partial charge in [0.25, 0.3) is 0 Å². The van der Waals surface area contributed by atoms with Gasteiger partial charge in [-0.15, -0.1) is 0 Å². The third-order valence-electron chi connectivity index (χ3n) is 4.68. The van der Waals surface area contributed by atoms with Gasteiger partial charge >= 0.3 is 0 Å². The van der Waals surface area contributed by atoms with E-state index < -0.39 is 5.54 Å². The highest BCUT2D eigenvalue weighted by molar-refractivity contribution is 5.86. The van der Waals surface area contributed by atoms with Gasteiger partial charge in [-0.1, -0.05) is 39.0 Å². The molecule has 0 atom stereocenters. The minimum absolute atomic E-state index is 0.0883. The number of hydrogen-bond donors (Lipinski definition) is 2. The van der Waals surface area contributed by atoms with Gasteiger partial charge < -0.3 is 11.1 Å². The highest BCUT2D eigenvalue weighted by atomic mass is 16.2. The lowest BCUT2D eigenvalue weighted by atomic mass is 9.81. The number of carbonyl (C=O) groups excluding carboxylic acids is 1. The van der Waals surface area contributed by atoms with Crippen LogP contribution in [0.15, 0.2) is 0 Å². The lowest BCUT2D eigenvalue weighted by Gasteiger charge is -2.33. The molecule has 0 heterocycles. The van der Waals surface area contributed by atoms with Crippen molar-refractivity contribution >= 4 is 5.91 Å². The maximum absolute atomic E-state index is 12.2. The number of hydrogen-bond acceptors (Lipinski definition) is 2. The summed E-state index contributed by atoms with van der Waals surface area (Å²) in [5.41, 5.74) is 5.96. The van der Waals surface area contributed by atoms with E-state index >= 15 is 0 Å². The van der Waals surface area contributed by atoms with E-state index in [1.807, 2.05) is 0 Å². The Morgan fingerprint density at radius 3 is 2.18 bits per heavy atom. The molecule has 2 saturated carbocycles. The second-order valence-electron chi connectivity index (χ2n) is 6.42. The van der Waals surface area contributed by atoms with Crippen molar-refractivity contribution in [1.29, 1.82) is 0 Å². The fraction of sp³-hybridized carbons (Fsp3) is 0.929. The number of nitrogens with two attached hydrogens (primary N) is 1. The molecule has 2 fully saturated rings. The van der Waals surface area contributed by atoms with Crippen LogP contribution in [0.5, 0.6) is 0 Å². The van der Waals surface area contributed by atoms with E-state index in [9.17, 15) is 4.79 Å². The van der Waals surface area contributed by atoms with E-state index in [1.165, 1.54) is 32.1 Å². The first kappa shape index (κ1) is 12.9. The molecule has 0 aromatic heterocycles. The molecule has 0 spiro atoms. The van der Waals surface area contributed by atoms with Crippen LogP contribution < -0.4 is 11.1 Å². The van der Waals surface area contributed by atoms with E-state index in [0.717, 1.165) is 32.2 Å².